The monoisotopic (exact) mass is 786 g/mol. The number of esters is 1. The van der Waals surface area contributed by atoms with Crippen molar-refractivity contribution in [3.05, 3.63) is 67.9 Å². The molecule has 0 amide bonds. The minimum Gasteiger partial charge on any atom is -0.492 e. The summed E-state index contributed by atoms with van der Waals surface area (Å²) in [6.07, 6.45) is 5.65. The summed E-state index contributed by atoms with van der Waals surface area (Å²) in [6.45, 7) is 6.76. The van der Waals surface area contributed by atoms with Crippen molar-refractivity contribution < 1.29 is 53.4 Å². The molecule has 3 atom stereocenters. The summed E-state index contributed by atoms with van der Waals surface area (Å²) < 4.78 is 30.1. The molecule has 0 bridgehead atoms. The summed E-state index contributed by atoms with van der Waals surface area (Å²) in [4.78, 5) is 47.4. The van der Waals surface area contributed by atoms with E-state index in [1.54, 1.807) is 21.0 Å². The molecule has 13 heteroatoms. The highest BCUT2D eigenvalue weighted by molar-refractivity contribution is 6.11. The smallest absolute Gasteiger partial charge is 0.375 e. The molecule has 57 heavy (non-hydrogen) atoms. The van der Waals surface area contributed by atoms with E-state index in [1.165, 1.54) is 0 Å². The van der Waals surface area contributed by atoms with E-state index < -0.39 is 30.2 Å². The second-order valence-corrected chi connectivity index (χ2v) is 15.6. The van der Waals surface area contributed by atoms with Crippen molar-refractivity contribution >= 4 is 29.7 Å². The lowest BCUT2D eigenvalue weighted by Crippen LogP contribution is -2.52. The van der Waals surface area contributed by atoms with Gasteiger partial charge in [-0.15, -0.1) is 0 Å². The quantitative estimate of drug-likeness (QED) is 0.137. The molecule has 0 spiro atoms. The minimum absolute atomic E-state index is 0.0212. The highest BCUT2D eigenvalue weighted by Gasteiger charge is 2.49. The number of ether oxygens (including phenoxy) is 5. The number of rotatable bonds is 15. The SMILES string of the molecule is CCOC(=O)C1=C(C=O)/C(=C2\CCC(=O)[C@H](c3ccc4c(c3)=CCN=4)C2)c2c(OCCCO)c3c(c(CO)c2O1)O[C@H]([C@](C)(O)C1CCN(CCCOC)CC1)C3. The maximum absolute atomic E-state index is 13.6. The summed E-state index contributed by atoms with van der Waals surface area (Å²) in [6, 6.07) is 5.84. The number of nitrogens with zero attached hydrogens (tertiary/aromatic N) is 2. The number of piperidine rings is 1. The number of likely N-dealkylation sites (tertiary alicyclic amines) is 1. The third kappa shape index (κ3) is 7.92. The zero-order valence-electron chi connectivity index (χ0n) is 33.1. The number of methoxy groups -OCH3 is 1. The summed E-state index contributed by atoms with van der Waals surface area (Å²) in [5, 5.41) is 35.0. The number of hydrogen-bond donors (Lipinski definition) is 3. The molecule has 1 aliphatic carbocycles. The standard InChI is InChI=1S/C44H54N2O11/c1-4-54-43(51)42-32(24-48)37(28-8-10-35(50)30(22-28)26-7-9-34-27(21-26)11-14-45-34)38-40(55-20-6-18-47)31-23-36(56-39(31)33(25-49)41(38)57-42)44(2,52)29-12-16-46(17-13-29)15-5-19-53-3/h7,9,11,21,24,29-30,36,47,49,52H,4-6,8,10,12-20,22-23,25H2,1-3H3/b37-28-/t30-,36-,44+/m0/s1. The van der Waals surface area contributed by atoms with Crippen molar-refractivity contribution in [1.82, 2.24) is 4.90 Å². The first kappa shape index (κ1) is 40.8. The predicted octanol–water partition coefficient (Wildman–Crippen LogP) is 2.86. The molecular weight excluding hydrogens is 732 g/mol. The molecule has 3 N–H and O–H groups in total. The molecule has 0 unspecified atom stereocenters. The number of fused-ring (bicyclic) bond motifs is 3. The summed E-state index contributed by atoms with van der Waals surface area (Å²) in [5.41, 5.74) is 1.86. The van der Waals surface area contributed by atoms with Crippen LogP contribution in [0.15, 0.2) is 40.1 Å². The first-order chi connectivity index (χ1) is 27.6. The molecule has 1 saturated heterocycles. The summed E-state index contributed by atoms with van der Waals surface area (Å²) in [7, 11) is 1.70. The fourth-order valence-corrected chi connectivity index (χ4v) is 9.15. The van der Waals surface area contributed by atoms with Crippen LogP contribution in [-0.2, 0) is 36.9 Å². The zero-order valence-corrected chi connectivity index (χ0v) is 33.1. The Balaban J connectivity index is 1.34. The van der Waals surface area contributed by atoms with Crippen molar-refractivity contribution in [3.8, 4) is 17.2 Å². The van der Waals surface area contributed by atoms with Crippen molar-refractivity contribution in [3.63, 3.8) is 0 Å². The second kappa shape index (κ2) is 17.6. The molecule has 5 aliphatic rings. The fraction of sp³-hybridized carbons (Fsp3) is 0.545. The normalized spacial score (nSPS) is 23.0. The van der Waals surface area contributed by atoms with Gasteiger partial charge in [-0.3, -0.25) is 14.6 Å². The van der Waals surface area contributed by atoms with Crippen LogP contribution in [0.2, 0.25) is 0 Å². The predicted molar refractivity (Wildman–Crippen MR) is 209 cm³/mol. The van der Waals surface area contributed by atoms with Crippen molar-refractivity contribution in [2.45, 2.75) is 89.4 Å². The number of ketones is 1. The minimum atomic E-state index is -1.27. The van der Waals surface area contributed by atoms with Crippen molar-refractivity contribution in [2.75, 3.05) is 59.7 Å². The first-order valence-electron chi connectivity index (χ1n) is 20.3. The highest BCUT2D eigenvalue weighted by atomic mass is 16.6. The van der Waals surface area contributed by atoms with Crippen LogP contribution in [0.25, 0.3) is 11.6 Å². The van der Waals surface area contributed by atoms with Crippen LogP contribution in [-0.4, -0.2) is 110 Å². The Morgan fingerprint density at radius 3 is 2.63 bits per heavy atom. The molecule has 2 aromatic rings. The van der Waals surface area contributed by atoms with Gasteiger partial charge in [-0.05, 0) is 87.9 Å². The highest BCUT2D eigenvalue weighted by Crippen LogP contribution is 2.57. The molecule has 2 aromatic carbocycles. The van der Waals surface area contributed by atoms with Gasteiger partial charge < -0.3 is 43.9 Å². The van der Waals surface area contributed by atoms with Gasteiger partial charge in [0, 0.05) is 63.2 Å². The van der Waals surface area contributed by atoms with Gasteiger partial charge in [0.05, 0.1) is 48.4 Å². The Morgan fingerprint density at radius 1 is 1.11 bits per heavy atom. The summed E-state index contributed by atoms with van der Waals surface area (Å²) >= 11 is 0. The van der Waals surface area contributed by atoms with Crippen LogP contribution in [0.4, 0.5) is 0 Å². The molecule has 0 radical (unpaired) electrons. The Hall–Kier alpha value is -4.40. The van der Waals surface area contributed by atoms with E-state index in [-0.39, 0.29) is 79.2 Å². The lowest BCUT2D eigenvalue weighted by atomic mass is 9.75. The third-order valence-corrected chi connectivity index (χ3v) is 12.2. The van der Waals surface area contributed by atoms with Crippen LogP contribution >= 0.6 is 0 Å². The molecule has 2 fully saturated rings. The van der Waals surface area contributed by atoms with E-state index >= 15 is 0 Å². The van der Waals surface area contributed by atoms with Gasteiger partial charge >= 0.3 is 5.97 Å². The average molecular weight is 787 g/mol. The third-order valence-electron chi connectivity index (χ3n) is 12.2. The van der Waals surface area contributed by atoms with E-state index in [0.29, 0.717) is 54.7 Å². The Bertz CT molecular complexity index is 2080. The molecule has 1 saturated carbocycles. The van der Waals surface area contributed by atoms with Gasteiger partial charge in [-0.2, -0.15) is 0 Å². The molecule has 7 rings (SSSR count). The molecule has 4 aliphatic heterocycles. The Labute approximate surface area is 332 Å². The van der Waals surface area contributed by atoms with Gasteiger partial charge in [0.25, 0.3) is 0 Å². The van der Waals surface area contributed by atoms with Crippen molar-refractivity contribution in [2.24, 2.45) is 10.9 Å². The van der Waals surface area contributed by atoms with Crippen LogP contribution in [0.5, 0.6) is 17.2 Å². The van der Waals surface area contributed by atoms with E-state index in [1.807, 2.05) is 24.3 Å². The van der Waals surface area contributed by atoms with Crippen LogP contribution in [0, 0.1) is 5.92 Å². The Kier molecular flexibility index (Phi) is 12.6. The van der Waals surface area contributed by atoms with Gasteiger partial charge in [-0.25, -0.2) is 4.79 Å². The van der Waals surface area contributed by atoms with E-state index in [4.69, 9.17) is 23.7 Å². The fourth-order valence-electron chi connectivity index (χ4n) is 9.15. The maximum Gasteiger partial charge on any atom is 0.375 e. The maximum atomic E-state index is 13.6. The number of carbonyl (C=O) groups excluding carboxylic acids is 3. The number of allylic oxidation sites excluding steroid dienone is 3. The van der Waals surface area contributed by atoms with Crippen molar-refractivity contribution in [1.29, 1.82) is 0 Å². The first-order valence-corrected chi connectivity index (χ1v) is 20.3. The number of Topliss-reactive ketones (excluding diaryl/α,β-unsaturated/α-hetero) is 1. The molecule has 13 nitrogen and oxygen atoms in total. The van der Waals surface area contributed by atoms with E-state index in [9.17, 15) is 29.7 Å². The van der Waals surface area contributed by atoms with Crippen LogP contribution in [0.1, 0.15) is 87.0 Å². The van der Waals surface area contributed by atoms with E-state index in [2.05, 4.69) is 9.89 Å². The number of carbonyl (C=O) groups is 3. The molecule has 4 heterocycles. The lowest BCUT2D eigenvalue weighted by molar-refractivity contribution is -0.141. The van der Waals surface area contributed by atoms with E-state index in [0.717, 1.165) is 60.6 Å². The summed E-state index contributed by atoms with van der Waals surface area (Å²) in [5.74, 6) is -1.03. The van der Waals surface area contributed by atoms with Gasteiger partial charge in [-0.1, -0.05) is 17.7 Å². The number of benzene rings is 2. The molecule has 0 aromatic heterocycles. The molecular formula is C44H54N2O11. The largest absolute Gasteiger partial charge is 0.492 e. The number of aliphatic hydroxyl groups excluding tert-OH is 2. The number of aliphatic hydroxyl groups is 3. The Morgan fingerprint density at radius 2 is 1.91 bits per heavy atom. The topological polar surface area (TPSA) is 174 Å². The average Bonchev–Trinajstić information content (AvgIpc) is 3.89. The van der Waals surface area contributed by atoms with Gasteiger partial charge in [0.15, 0.2) is 6.29 Å². The lowest BCUT2D eigenvalue weighted by Gasteiger charge is -2.42. The zero-order chi connectivity index (χ0) is 40.3. The number of hydrogen-bond acceptors (Lipinski definition) is 13. The number of aldehydes is 1. The van der Waals surface area contributed by atoms with Crippen LogP contribution < -0.4 is 24.8 Å². The van der Waals surface area contributed by atoms with Crippen LogP contribution in [0.3, 0.4) is 0 Å². The second-order valence-electron chi connectivity index (χ2n) is 15.6. The van der Waals surface area contributed by atoms with Gasteiger partial charge in [0.2, 0.25) is 5.76 Å². The molecule has 306 valence electrons. The van der Waals surface area contributed by atoms with Gasteiger partial charge in [0.1, 0.15) is 34.7 Å².